The van der Waals surface area contributed by atoms with Crippen LogP contribution in [0.1, 0.15) is 6.42 Å². The number of primary amides is 1. The predicted octanol–water partition coefficient (Wildman–Crippen LogP) is -0.572. The molecule has 1 atom stereocenters. The van der Waals surface area contributed by atoms with E-state index in [1.165, 1.54) is 0 Å². The van der Waals surface area contributed by atoms with Crippen LogP contribution < -0.4 is 11.5 Å². The minimum atomic E-state index is -0.597. The first-order chi connectivity index (χ1) is 3.68. The highest BCUT2D eigenvalue weighted by Crippen LogP contribution is 1.97. The Morgan fingerprint density at radius 2 is 2.25 bits per heavy atom. The Hall–Kier alpha value is -0.280. The molecule has 0 saturated heterocycles. The molecule has 0 rings (SSSR count). The van der Waals surface area contributed by atoms with E-state index >= 15 is 0 Å². The summed E-state index contributed by atoms with van der Waals surface area (Å²) < 4.78 is 0. The molecule has 1 unspecified atom stereocenters. The highest BCUT2D eigenvalue weighted by Gasteiger charge is 2.07. The van der Waals surface area contributed by atoms with Gasteiger partial charge in [-0.25, -0.2) is 0 Å². The van der Waals surface area contributed by atoms with Crippen LogP contribution in [0.4, 0.5) is 0 Å². The maximum absolute atomic E-state index is 10.1. The lowest BCUT2D eigenvalue weighted by Gasteiger charge is -1.99. The van der Waals surface area contributed by atoms with Crippen molar-refractivity contribution in [2.24, 2.45) is 11.5 Å². The standard InChI is InChI=1S/C4H9ClN2O/c5-3(1-2-6)4(7)8/h3H,1-2,6H2,(H2,7,8). The van der Waals surface area contributed by atoms with Crippen molar-refractivity contribution >= 4 is 17.5 Å². The topological polar surface area (TPSA) is 69.1 Å². The SMILES string of the molecule is NCCC(Cl)C(N)=O. The van der Waals surface area contributed by atoms with Gasteiger partial charge in [0.05, 0.1) is 0 Å². The first kappa shape index (κ1) is 7.72. The van der Waals surface area contributed by atoms with Crippen molar-refractivity contribution in [3.63, 3.8) is 0 Å². The third-order valence-electron chi connectivity index (χ3n) is 0.729. The largest absolute Gasteiger partial charge is 0.368 e. The average molecular weight is 137 g/mol. The Bertz CT molecular complexity index is 86.1. The second kappa shape index (κ2) is 3.69. The van der Waals surface area contributed by atoms with Crippen molar-refractivity contribution in [2.75, 3.05) is 6.54 Å². The van der Waals surface area contributed by atoms with E-state index in [4.69, 9.17) is 23.1 Å². The first-order valence-corrected chi connectivity index (χ1v) is 2.75. The molecule has 0 aliphatic rings. The molecule has 8 heavy (non-hydrogen) atoms. The minimum absolute atomic E-state index is 0.400. The van der Waals surface area contributed by atoms with Crippen molar-refractivity contribution < 1.29 is 4.79 Å². The van der Waals surface area contributed by atoms with Gasteiger partial charge in [-0.1, -0.05) is 0 Å². The van der Waals surface area contributed by atoms with E-state index in [-0.39, 0.29) is 0 Å². The van der Waals surface area contributed by atoms with Crippen molar-refractivity contribution in [1.82, 2.24) is 0 Å². The number of alkyl halides is 1. The molecule has 0 radical (unpaired) electrons. The highest BCUT2D eigenvalue weighted by atomic mass is 35.5. The molecule has 0 aliphatic carbocycles. The van der Waals surface area contributed by atoms with Crippen LogP contribution >= 0.6 is 11.6 Å². The number of halogens is 1. The number of amides is 1. The summed E-state index contributed by atoms with van der Waals surface area (Å²) in [5, 5.41) is -0.597. The molecule has 0 aromatic heterocycles. The molecule has 3 nitrogen and oxygen atoms in total. The fraction of sp³-hybridized carbons (Fsp3) is 0.750. The summed E-state index contributed by atoms with van der Waals surface area (Å²) in [5.74, 6) is -0.503. The Morgan fingerprint density at radius 3 is 2.38 bits per heavy atom. The quantitative estimate of drug-likeness (QED) is 0.510. The molecule has 0 aliphatic heterocycles. The predicted molar refractivity (Wildman–Crippen MR) is 32.5 cm³/mol. The zero-order valence-corrected chi connectivity index (χ0v) is 5.19. The molecule has 0 spiro atoms. The summed E-state index contributed by atoms with van der Waals surface area (Å²) in [7, 11) is 0. The molecule has 1 amide bonds. The molecule has 0 fully saturated rings. The van der Waals surface area contributed by atoms with Gasteiger partial charge in [0.2, 0.25) is 5.91 Å². The summed E-state index contributed by atoms with van der Waals surface area (Å²) in [6.07, 6.45) is 0.455. The summed E-state index contributed by atoms with van der Waals surface area (Å²) in [4.78, 5) is 10.1. The van der Waals surface area contributed by atoms with E-state index in [1.54, 1.807) is 0 Å². The van der Waals surface area contributed by atoms with Crippen LogP contribution in [0.25, 0.3) is 0 Å². The van der Waals surface area contributed by atoms with Gasteiger partial charge in [0.25, 0.3) is 0 Å². The zero-order valence-electron chi connectivity index (χ0n) is 4.43. The maximum Gasteiger partial charge on any atom is 0.235 e. The lowest BCUT2D eigenvalue weighted by atomic mass is 10.3. The Morgan fingerprint density at radius 1 is 1.75 bits per heavy atom. The van der Waals surface area contributed by atoms with Crippen LogP contribution in [-0.2, 0) is 4.79 Å². The van der Waals surface area contributed by atoms with E-state index in [1.807, 2.05) is 0 Å². The van der Waals surface area contributed by atoms with E-state index in [9.17, 15) is 4.79 Å². The number of hydrogen-bond donors (Lipinski definition) is 2. The second-order valence-electron chi connectivity index (χ2n) is 1.45. The number of hydrogen-bond acceptors (Lipinski definition) is 2. The van der Waals surface area contributed by atoms with E-state index in [0.29, 0.717) is 13.0 Å². The van der Waals surface area contributed by atoms with E-state index < -0.39 is 11.3 Å². The molecule has 4 N–H and O–H groups in total. The molecule has 4 heteroatoms. The van der Waals surface area contributed by atoms with Crippen molar-refractivity contribution in [1.29, 1.82) is 0 Å². The molecule has 0 aromatic rings. The number of carbonyl (C=O) groups excluding carboxylic acids is 1. The Labute approximate surface area is 53.0 Å². The highest BCUT2D eigenvalue weighted by molar-refractivity contribution is 6.30. The normalized spacial score (nSPS) is 13.2. The Kier molecular flexibility index (Phi) is 3.56. The minimum Gasteiger partial charge on any atom is -0.368 e. The van der Waals surface area contributed by atoms with E-state index in [0.717, 1.165) is 0 Å². The number of carbonyl (C=O) groups is 1. The molecule has 0 bridgehead atoms. The summed E-state index contributed by atoms with van der Waals surface area (Å²) in [6.45, 7) is 0.400. The molecule has 48 valence electrons. The van der Waals surface area contributed by atoms with Gasteiger partial charge in [-0.3, -0.25) is 4.79 Å². The molecular weight excluding hydrogens is 128 g/mol. The average Bonchev–Trinajstić information content (AvgIpc) is 1.67. The van der Waals surface area contributed by atoms with Crippen LogP contribution in [0, 0.1) is 0 Å². The lowest BCUT2D eigenvalue weighted by Crippen LogP contribution is -2.25. The molecule has 0 heterocycles. The van der Waals surface area contributed by atoms with Gasteiger partial charge >= 0.3 is 0 Å². The van der Waals surface area contributed by atoms with Gasteiger partial charge in [-0.2, -0.15) is 0 Å². The number of rotatable bonds is 3. The van der Waals surface area contributed by atoms with Gasteiger partial charge in [-0.05, 0) is 13.0 Å². The van der Waals surface area contributed by atoms with Crippen LogP contribution in [0.5, 0.6) is 0 Å². The van der Waals surface area contributed by atoms with Gasteiger partial charge in [0.1, 0.15) is 5.38 Å². The second-order valence-corrected chi connectivity index (χ2v) is 1.97. The molecule has 0 saturated carbocycles. The first-order valence-electron chi connectivity index (χ1n) is 2.32. The molecular formula is C4H9ClN2O. The van der Waals surface area contributed by atoms with Crippen LogP contribution in [0.2, 0.25) is 0 Å². The third-order valence-corrected chi connectivity index (χ3v) is 1.16. The fourth-order valence-electron chi connectivity index (χ4n) is 0.289. The lowest BCUT2D eigenvalue weighted by molar-refractivity contribution is -0.117. The van der Waals surface area contributed by atoms with Gasteiger partial charge in [-0.15, -0.1) is 11.6 Å². The van der Waals surface area contributed by atoms with Gasteiger partial charge in [0.15, 0.2) is 0 Å². The van der Waals surface area contributed by atoms with Crippen molar-refractivity contribution in [2.45, 2.75) is 11.8 Å². The van der Waals surface area contributed by atoms with Crippen molar-refractivity contribution in [3.8, 4) is 0 Å². The summed E-state index contributed by atoms with van der Waals surface area (Å²) in [6, 6.07) is 0. The monoisotopic (exact) mass is 136 g/mol. The maximum atomic E-state index is 10.1. The van der Waals surface area contributed by atoms with Gasteiger partial charge < -0.3 is 11.5 Å². The van der Waals surface area contributed by atoms with Crippen LogP contribution in [-0.4, -0.2) is 17.8 Å². The summed E-state index contributed by atoms with van der Waals surface area (Å²) >= 11 is 5.36. The fourth-order valence-corrected chi connectivity index (χ4v) is 0.415. The number of nitrogens with two attached hydrogens (primary N) is 2. The van der Waals surface area contributed by atoms with Crippen molar-refractivity contribution in [3.05, 3.63) is 0 Å². The van der Waals surface area contributed by atoms with Crippen LogP contribution in [0.15, 0.2) is 0 Å². The zero-order chi connectivity index (χ0) is 6.57. The van der Waals surface area contributed by atoms with Gasteiger partial charge in [0, 0.05) is 0 Å². The van der Waals surface area contributed by atoms with E-state index in [2.05, 4.69) is 0 Å². The molecule has 0 aromatic carbocycles. The Balaban J connectivity index is 3.32. The smallest absolute Gasteiger partial charge is 0.235 e. The third kappa shape index (κ3) is 2.82. The summed E-state index contributed by atoms with van der Waals surface area (Å²) in [5.41, 5.74) is 9.87. The van der Waals surface area contributed by atoms with Crippen LogP contribution in [0.3, 0.4) is 0 Å².